The van der Waals surface area contributed by atoms with Crippen molar-refractivity contribution in [1.82, 2.24) is 5.32 Å². The van der Waals surface area contributed by atoms with Crippen molar-refractivity contribution in [1.29, 1.82) is 0 Å². The zero-order valence-electron chi connectivity index (χ0n) is 10.6. The van der Waals surface area contributed by atoms with Crippen LogP contribution in [-0.2, 0) is 9.59 Å². The second-order valence-electron chi connectivity index (χ2n) is 4.74. The van der Waals surface area contributed by atoms with Crippen LogP contribution in [0.4, 0.5) is 0 Å². The van der Waals surface area contributed by atoms with Crippen LogP contribution in [0.5, 0.6) is 5.75 Å². The van der Waals surface area contributed by atoms with Gasteiger partial charge in [-0.2, -0.15) is 0 Å². The highest BCUT2D eigenvalue weighted by Gasteiger charge is 2.27. The van der Waals surface area contributed by atoms with Gasteiger partial charge in [-0.15, -0.1) is 0 Å². The minimum absolute atomic E-state index is 0.131. The van der Waals surface area contributed by atoms with Crippen LogP contribution in [0.3, 0.4) is 0 Å². The largest absolute Gasteiger partial charge is 0.491 e. The smallest absolute Gasteiger partial charge is 0.234 e. The minimum atomic E-state index is -0.226. The highest BCUT2D eigenvalue weighted by atomic mass is 16.5. The van der Waals surface area contributed by atoms with E-state index in [0.29, 0.717) is 12.8 Å². The summed E-state index contributed by atoms with van der Waals surface area (Å²) in [6.07, 6.45) is 1.11. The van der Waals surface area contributed by atoms with Gasteiger partial charge in [-0.1, -0.05) is 12.1 Å². The molecule has 0 bridgehead atoms. The van der Waals surface area contributed by atoms with E-state index in [1.165, 1.54) is 0 Å². The van der Waals surface area contributed by atoms with E-state index < -0.39 is 0 Å². The van der Waals surface area contributed by atoms with E-state index in [4.69, 9.17) is 4.74 Å². The van der Waals surface area contributed by atoms with E-state index in [1.807, 2.05) is 38.1 Å². The minimum Gasteiger partial charge on any atom is -0.491 e. The summed E-state index contributed by atoms with van der Waals surface area (Å²) in [5, 5.41) is 2.37. The number of piperidine rings is 1. The first-order valence-corrected chi connectivity index (χ1v) is 6.16. The summed E-state index contributed by atoms with van der Waals surface area (Å²) in [5.41, 5.74) is 0.927. The van der Waals surface area contributed by atoms with E-state index >= 15 is 0 Å². The molecule has 2 amide bonds. The van der Waals surface area contributed by atoms with Crippen molar-refractivity contribution in [2.45, 2.75) is 38.7 Å². The van der Waals surface area contributed by atoms with Crippen molar-refractivity contribution in [3.63, 3.8) is 0 Å². The molecular formula is C14H17NO3. The van der Waals surface area contributed by atoms with Crippen molar-refractivity contribution >= 4 is 11.8 Å². The summed E-state index contributed by atoms with van der Waals surface area (Å²) in [6.45, 7) is 3.93. The average Bonchev–Trinajstić information content (AvgIpc) is 2.30. The fourth-order valence-corrected chi connectivity index (χ4v) is 2.06. The topological polar surface area (TPSA) is 55.4 Å². The van der Waals surface area contributed by atoms with Crippen LogP contribution in [0.15, 0.2) is 24.3 Å². The first kappa shape index (κ1) is 12.6. The molecule has 1 fully saturated rings. The molecule has 0 spiro atoms. The SMILES string of the molecule is CC(C)Oc1ccc([C@H]2CCC(=O)NC2=O)cc1. The van der Waals surface area contributed by atoms with Gasteiger partial charge in [-0.3, -0.25) is 14.9 Å². The third-order valence-electron chi connectivity index (χ3n) is 2.89. The van der Waals surface area contributed by atoms with Gasteiger partial charge in [0, 0.05) is 6.42 Å². The third-order valence-corrected chi connectivity index (χ3v) is 2.89. The molecule has 0 saturated carbocycles. The van der Waals surface area contributed by atoms with Crippen LogP contribution in [0.25, 0.3) is 0 Å². The van der Waals surface area contributed by atoms with Gasteiger partial charge in [-0.25, -0.2) is 0 Å². The number of carbonyl (C=O) groups excluding carboxylic acids is 2. The maximum atomic E-state index is 11.7. The maximum Gasteiger partial charge on any atom is 0.234 e. The van der Waals surface area contributed by atoms with Gasteiger partial charge < -0.3 is 4.74 Å². The van der Waals surface area contributed by atoms with Crippen molar-refractivity contribution in [3.05, 3.63) is 29.8 Å². The second-order valence-corrected chi connectivity index (χ2v) is 4.74. The Bertz CT molecular complexity index is 451. The molecule has 96 valence electrons. The molecule has 1 heterocycles. The van der Waals surface area contributed by atoms with E-state index in [0.717, 1.165) is 11.3 Å². The van der Waals surface area contributed by atoms with Crippen LogP contribution in [-0.4, -0.2) is 17.9 Å². The molecule has 2 rings (SSSR count). The van der Waals surface area contributed by atoms with Gasteiger partial charge in [0.15, 0.2) is 0 Å². The second kappa shape index (κ2) is 5.21. The van der Waals surface area contributed by atoms with Crippen molar-refractivity contribution in [3.8, 4) is 5.75 Å². The van der Waals surface area contributed by atoms with E-state index in [9.17, 15) is 9.59 Å². The quantitative estimate of drug-likeness (QED) is 0.831. The van der Waals surface area contributed by atoms with Crippen molar-refractivity contribution < 1.29 is 14.3 Å². The summed E-state index contributed by atoms with van der Waals surface area (Å²) >= 11 is 0. The van der Waals surface area contributed by atoms with Crippen LogP contribution in [0.1, 0.15) is 38.2 Å². The lowest BCUT2D eigenvalue weighted by molar-refractivity contribution is -0.134. The van der Waals surface area contributed by atoms with Gasteiger partial charge >= 0.3 is 0 Å². The molecule has 1 aliphatic heterocycles. The standard InChI is InChI=1S/C14H17NO3/c1-9(2)18-11-5-3-10(4-6-11)12-7-8-13(16)15-14(12)17/h3-6,9,12H,7-8H2,1-2H3,(H,15,16,17)/t12-/m1/s1. The fourth-order valence-electron chi connectivity index (χ4n) is 2.06. The first-order valence-electron chi connectivity index (χ1n) is 6.16. The molecule has 0 unspecified atom stereocenters. The fraction of sp³-hybridized carbons (Fsp3) is 0.429. The molecule has 1 N–H and O–H groups in total. The Hall–Kier alpha value is -1.84. The number of amides is 2. The number of imide groups is 1. The van der Waals surface area contributed by atoms with Crippen LogP contribution in [0, 0.1) is 0 Å². The molecule has 18 heavy (non-hydrogen) atoms. The molecule has 1 aromatic carbocycles. The molecule has 1 saturated heterocycles. The summed E-state index contributed by atoms with van der Waals surface area (Å²) in [6, 6.07) is 7.49. The highest BCUT2D eigenvalue weighted by Crippen LogP contribution is 2.26. The van der Waals surface area contributed by atoms with Gasteiger partial charge in [0.05, 0.1) is 12.0 Å². The van der Waals surface area contributed by atoms with Crippen molar-refractivity contribution in [2.24, 2.45) is 0 Å². The van der Waals surface area contributed by atoms with Crippen molar-refractivity contribution in [2.75, 3.05) is 0 Å². The van der Waals surface area contributed by atoms with Gasteiger partial charge in [0.25, 0.3) is 0 Å². The number of hydrogen-bond acceptors (Lipinski definition) is 3. The number of ether oxygens (including phenoxy) is 1. The predicted molar refractivity (Wildman–Crippen MR) is 67.3 cm³/mol. The Morgan fingerprint density at radius 1 is 1.22 bits per heavy atom. The molecule has 4 nitrogen and oxygen atoms in total. The molecular weight excluding hydrogens is 230 g/mol. The summed E-state index contributed by atoms with van der Waals surface area (Å²) < 4.78 is 5.55. The molecule has 1 aromatic rings. The first-order chi connectivity index (χ1) is 8.56. The summed E-state index contributed by atoms with van der Waals surface area (Å²) in [4.78, 5) is 22.8. The van der Waals surface area contributed by atoms with E-state index in [-0.39, 0.29) is 23.8 Å². The number of rotatable bonds is 3. The zero-order valence-corrected chi connectivity index (χ0v) is 10.6. The Morgan fingerprint density at radius 3 is 2.44 bits per heavy atom. The average molecular weight is 247 g/mol. The summed E-state index contributed by atoms with van der Waals surface area (Å²) in [5.74, 6) is 0.177. The molecule has 0 radical (unpaired) electrons. The van der Waals surface area contributed by atoms with Crippen LogP contribution < -0.4 is 10.1 Å². The lowest BCUT2D eigenvalue weighted by Gasteiger charge is -2.21. The number of hydrogen-bond donors (Lipinski definition) is 1. The molecule has 0 aliphatic carbocycles. The highest BCUT2D eigenvalue weighted by molar-refractivity contribution is 6.00. The molecule has 1 atom stereocenters. The normalized spacial score (nSPS) is 19.8. The lowest BCUT2D eigenvalue weighted by atomic mass is 9.90. The monoisotopic (exact) mass is 247 g/mol. The third kappa shape index (κ3) is 2.88. The van der Waals surface area contributed by atoms with Crippen LogP contribution in [0.2, 0.25) is 0 Å². The Labute approximate surface area is 106 Å². The molecule has 0 aromatic heterocycles. The molecule has 4 heteroatoms. The Morgan fingerprint density at radius 2 is 1.89 bits per heavy atom. The maximum absolute atomic E-state index is 11.7. The summed E-state index contributed by atoms with van der Waals surface area (Å²) in [7, 11) is 0. The van der Waals surface area contributed by atoms with Gasteiger partial charge in [-0.05, 0) is 38.0 Å². The van der Waals surface area contributed by atoms with Gasteiger partial charge in [0.2, 0.25) is 11.8 Å². The number of benzene rings is 1. The zero-order chi connectivity index (χ0) is 13.1. The number of nitrogens with one attached hydrogen (secondary N) is 1. The Balaban J connectivity index is 2.09. The molecule has 1 aliphatic rings. The Kier molecular flexibility index (Phi) is 3.65. The predicted octanol–water partition coefficient (Wildman–Crippen LogP) is 1.99. The van der Waals surface area contributed by atoms with E-state index in [1.54, 1.807) is 0 Å². The number of carbonyl (C=O) groups is 2. The van der Waals surface area contributed by atoms with Gasteiger partial charge in [0.1, 0.15) is 5.75 Å². The lowest BCUT2D eigenvalue weighted by Crippen LogP contribution is -2.39. The van der Waals surface area contributed by atoms with Crippen LogP contribution >= 0.6 is 0 Å². The van der Waals surface area contributed by atoms with E-state index in [2.05, 4.69) is 5.32 Å².